The second kappa shape index (κ2) is 6.41. The van der Waals surface area contributed by atoms with Gasteiger partial charge in [-0.05, 0) is 31.5 Å². The number of hydrogen-bond donors (Lipinski definition) is 2. The molecule has 1 aromatic carbocycles. The van der Waals surface area contributed by atoms with Crippen LogP contribution < -0.4 is 5.32 Å². The third kappa shape index (κ3) is 3.71. The molecule has 1 heterocycles. The Morgan fingerprint density at radius 3 is 2.81 bits per heavy atom. The Bertz CT molecular complexity index is 565. The molecule has 21 heavy (non-hydrogen) atoms. The van der Waals surface area contributed by atoms with Gasteiger partial charge in [0.05, 0.1) is 11.1 Å². The minimum atomic E-state index is -0.831. The molecule has 2 unspecified atom stereocenters. The molecule has 0 radical (unpaired) electrons. The van der Waals surface area contributed by atoms with Crippen LogP contribution in [-0.2, 0) is 9.59 Å². The minimum absolute atomic E-state index is 0.0188. The van der Waals surface area contributed by atoms with E-state index in [-0.39, 0.29) is 16.6 Å². The number of aliphatic hydroxyl groups excluding tert-OH is 1. The highest BCUT2D eigenvalue weighted by molar-refractivity contribution is 6.39. The number of anilines is 1. The molecule has 2 amide bonds. The van der Waals surface area contributed by atoms with E-state index in [0.29, 0.717) is 19.5 Å². The number of carbonyl (C=O) groups is 2. The number of halogens is 2. The standard InChI is InChI=1S/C14H16ClFN2O3/c1-8(19)9-4-5-18(7-9)14(21)13(20)17-10-2-3-11(15)12(16)6-10/h2-3,6,8-9,19H,4-5,7H2,1H3,(H,17,20). The Morgan fingerprint density at radius 2 is 2.24 bits per heavy atom. The highest BCUT2D eigenvalue weighted by Gasteiger charge is 2.32. The number of nitrogens with one attached hydrogen (secondary N) is 1. The summed E-state index contributed by atoms with van der Waals surface area (Å²) in [5, 5.41) is 11.8. The Hall–Kier alpha value is -1.66. The molecule has 2 atom stereocenters. The molecule has 5 nitrogen and oxygen atoms in total. The largest absolute Gasteiger partial charge is 0.393 e. The number of carbonyl (C=O) groups excluding carboxylic acids is 2. The van der Waals surface area contributed by atoms with Crippen LogP contribution in [0.25, 0.3) is 0 Å². The van der Waals surface area contributed by atoms with E-state index in [4.69, 9.17) is 11.6 Å². The van der Waals surface area contributed by atoms with Crippen LogP contribution in [0.1, 0.15) is 13.3 Å². The molecule has 1 aliphatic heterocycles. The fraction of sp³-hybridized carbons (Fsp3) is 0.429. The predicted molar refractivity (Wildman–Crippen MR) is 76.4 cm³/mol. The summed E-state index contributed by atoms with van der Waals surface area (Å²) >= 11 is 5.54. The van der Waals surface area contributed by atoms with Crippen molar-refractivity contribution < 1.29 is 19.1 Å². The van der Waals surface area contributed by atoms with Gasteiger partial charge in [-0.3, -0.25) is 9.59 Å². The summed E-state index contributed by atoms with van der Waals surface area (Å²) in [4.78, 5) is 25.2. The van der Waals surface area contributed by atoms with Gasteiger partial charge in [0.25, 0.3) is 0 Å². The van der Waals surface area contributed by atoms with Gasteiger partial charge in [-0.15, -0.1) is 0 Å². The van der Waals surface area contributed by atoms with Gasteiger partial charge >= 0.3 is 11.8 Å². The fourth-order valence-electron chi connectivity index (χ4n) is 2.27. The van der Waals surface area contributed by atoms with Crippen LogP contribution in [0.2, 0.25) is 5.02 Å². The number of aliphatic hydroxyl groups is 1. The Labute approximate surface area is 126 Å². The monoisotopic (exact) mass is 314 g/mol. The maximum absolute atomic E-state index is 13.3. The summed E-state index contributed by atoms with van der Waals surface area (Å²) in [6.07, 6.45) is 0.142. The molecule has 0 aromatic heterocycles. The van der Waals surface area contributed by atoms with Crippen molar-refractivity contribution >= 4 is 29.1 Å². The number of amides is 2. The van der Waals surface area contributed by atoms with Crippen LogP contribution in [-0.4, -0.2) is 41.0 Å². The normalized spacial score (nSPS) is 19.4. The van der Waals surface area contributed by atoms with Gasteiger partial charge in [-0.2, -0.15) is 0 Å². The van der Waals surface area contributed by atoms with Crippen molar-refractivity contribution in [1.29, 1.82) is 0 Å². The second-order valence-corrected chi connectivity index (χ2v) is 5.53. The number of benzene rings is 1. The molecule has 1 fully saturated rings. The number of hydrogen-bond acceptors (Lipinski definition) is 3. The van der Waals surface area contributed by atoms with Gasteiger partial charge in [-0.1, -0.05) is 11.6 Å². The molecule has 0 spiro atoms. The van der Waals surface area contributed by atoms with Gasteiger partial charge in [0.2, 0.25) is 0 Å². The first kappa shape index (κ1) is 15.7. The lowest BCUT2D eigenvalue weighted by Crippen LogP contribution is -2.38. The number of nitrogens with zero attached hydrogens (tertiary/aromatic N) is 1. The van der Waals surface area contributed by atoms with E-state index in [1.807, 2.05) is 0 Å². The van der Waals surface area contributed by atoms with Crippen LogP contribution in [0.5, 0.6) is 0 Å². The van der Waals surface area contributed by atoms with E-state index >= 15 is 0 Å². The molecular formula is C14H16ClFN2O3. The number of likely N-dealkylation sites (tertiary alicyclic amines) is 1. The van der Waals surface area contributed by atoms with E-state index in [0.717, 1.165) is 6.07 Å². The van der Waals surface area contributed by atoms with Crippen molar-refractivity contribution in [3.8, 4) is 0 Å². The summed E-state index contributed by atoms with van der Waals surface area (Å²) in [6, 6.07) is 3.77. The van der Waals surface area contributed by atoms with E-state index in [1.165, 1.54) is 17.0 Å². The average molecular weight is 315 g/mol. The van der Waals surface area contributed by atoms with E-state index in [2.05, 4.69) is 5.32 Å². The first-order chi connectivity index (χ1) is 9.88. The van der Waals surface area contributed by atoms with Crippen molar-refractivity contribution in [2.45, 2.75) is 19.4 Å². The van der Waals surface area contributed by atoms with Crippen LogP contribution in [0.4, 0.5) is 10.1 Å². The fourth-order valence-corrected chi connectivity index (χ4v) is 2.39. The molecule has 0 aliphatic carbocycles. The lowest BCUT2D eigenvalue weighted by molar-refractivity contribution is -0.142. The van der Waals surface area contributed by atoms with Crippen molar-refractivity contribution in [3.05, 3.63) is 29.0 Å². The Kier molecular flexibility index (Phi) is 4.80. The molecule has 0 saturated carbocycles. The van der Waals surface area contributed by atoms with Crippen molar-refractivity contribution in [3.63, 3.8) is 0 Å². The van der Waals surface area contributed by atoms with Crippen molar-refractivity contribution in [2.24, 2.45) is 5.92 Å². The smallest absolute Gasteiger partial charge is 0.313 e. The molecule has 1 aromatic rings. The summed E-state index contributed by atoms with van der Waals surface area (Å²) in [5.74, 6) is -2.21. The van der Waals surface area contributed by atoms with Gasteiger partial charge in [0.1, 0.15) is 5.82 Å². The van der Waals surface area contributed by atoms with Crippen LogP contribution >= 0.6 is 11.6 Å². The summed E-state index contributed by atoms with van der Waals surface area (Å²) < 4.78 is 13.3. The topological polar surface area (TPSA) is 69.6 Å². The Balaban J connectivity index is 1.97. The zero-order chi connectivity index (χ0) is 15.6. The molecule has 114 valence electrons. The van der Waals surface area contributed by atoms with Gasteiger partial charge < -0.3 is 15.3 Å². The average Bonchev–Trinajstić information content (AvgIpc) is 2.92. The lowest BCUT2D eigenvalue weighted by atomic mass is 10.0. The van der Waals surface area contributed by atoms with Crippen LogP contribution in [0.15, 0.2) is 18.2 Å². The van der Waals surface area contributed by atoms with E-state index < -0.39 is 23.7 Å². The maximum Gasteiger partial charge on any atom is 0.313 e. The molecule has 0 bridgehead atoms. The first-order valence-corrected chi connectivity index (χ1v) is 6.99. The maximum atomic E-state index is 13.3. The SMILES string of the molecule is CC(O)C1CCN(C(=O)C(=O)Nc2ccc(Cl)c(F)c2)C1. The third-order valence-electron chi connectivity index (χ3n) is 3.57. The quantitative estimate of drug-likeness (QED) is 0.816. The second-order valence-electron chi connectivity index (χ2n) is 5.12. The van der Waals surface area contributed by atoms with Gasteiger partial charge in [-0.25, -0.2) is 4.39 Å². The first-order valence-electron chi connectivity index (χ1n) is 6.62. The number of rotatable bonds is 2. The van der Waals surface area contributed by atoms with Crippen molar-refractivity contribution in [2.75, 3.05) is 18.4 Å². The molecule has 1 aliphatic rings. The third-order valence-corrected chi connectivity index (χ3v) is 3.87. The minimum Gasteiger partial charge on any atom is -0.393 e. The summed E-state index contributed by atoms with van der Waals surface area (Å²) in [5.41, 5.74) is 0.168. The molecule has 7 heteroatoms. The predicted octanol–water partition coefficient (Wildman–Crippen LogP) is 1.65. The van der Waals surface area contributed by atoms with Crippen LogP contribution in [0.3, 0.4) is 0 Å². The van der Waals surface area contributed by atoms with Crippen LogP contribution in [0, 0.1) is 11.7 Å². The zero-order valence-corrected chi connectivity index (χ0v) is 12.2. The summed E-state index contributed by atoms with van der Waals surface area (Å²) in [6.45, 7) is 2.44. The Morgan fingerprint density at radius 1 is 1.52 bits per heavy atom. The molecular weight excluding hydrogens is 299 g/mol. The van der Waals surface area contributed by atoms with E-state index in [9.17, 15) is 19.1 Å². The molecule has 2 N–H and O–H groups in total. The molecule has 2 rings (SSSR count). The van der Waals surface area contributed by atoms with Crippen molar-refractivity contribution in [1.82, 2.24) is 4.90 Å². The highest BCUT2D eigenvalue weighted by Crippen LogP contribution is 2.21. The van der Waals surface area contributed by atoms with E-state index in [1.54, 1.807) is 6.92 Å². The van der Waals surface area contributed by atoms with Gasteiger partial charge in [0, 0.05) is 24.7 Å². The lowest BCUT2D eigenvalue weighted by Gasteiger charge is -2.17. The zero-order valence-electron chi connectivity index (χ0n) is 11.5. The van der Waals surface area contributed by atoms with Gasteiger partial charge in [0.15, 0.2) is 0 Å². The molecule has 1 saturated heterocycles. The summed E-state index contributed by atoms with van der Waals surface area (Å²) in [7, 11) is 0. The highest BCUT2D eigenvalue weighted by atomic mass is 35.5.